The van der Waals surface area contributed by atoms with Gasteiger partial charge in [0.1, 0.15) is 0 Å². The molecular formula is C13H9F3N2O3S. The van der Waals surface area contributed by atoms with Crippen molar-refractivity contribution in [3.05, 3.63) is 57.5 Å². The second kappa shape index (κ2) is 6.22. The highest BCUT2D eigenvalue weighted by molar-refractivity contribution is 7.98. The normalized spacial score (nSPS) is 11.4. The molecule has 22 heavy (non-hydrogen) atoms. The lowest BCUT2D eigenvalue weighted by Gasteiger charge is -2.08. The first-order chi connectivity index (χ1) is 10.3. The van der Waals surface area contributed by atoms with Crippen LogP contribution < -0.4 is 5.56 Å². The number of thioether (sulfide) groups is 1. The highest BCUT2D eigenvalue weighted by atomic mass is 32.2. The average molecular weight is 330 g/mol. The lowest BCUT2D eigenvalue weighted by atomic mass is 10.1. The van der Waals surface area contributed by atoms with E-state index in [9.17, 15) is 22.8 Å². The fraction of sp³-hybridized carbons (Fsp3) is 0.154. The Bertz CT molecular complexity index is 759. The van der Waals surface area contributed by atoms with E-state index in [1.165, 1.54) is 6.07 Å². The number of carboxylic acids is 1. The van der Waals surface area contributed by atoms with Gasteiger partial charge in [-0.2, -0.15) is 13.2 Å². The first-order valence-electron chi connectivity index (χ1n) is 5.90. The van der Waals surface area contributed by atoms with Gasteiger partial charge in [0.05, 0.1) is 5.56 Å². The van der Waals surface area contributed by atoms with Gasteiger partial charge in [-0.1, -0.05) is 30.0 Å². The Morgan fingerprint density at radius 3 is 2.64 bits per heavy atom. The molecule has 0 amide bonds. The van der Waals surface area contributed by atoms with E-state index in [0.29, 0.717) is 11.6 Å². The van der Waals surface area contributed by atoms with Gasteiger partial charge in [0.25, 0.3) is 5.56 Å². The number of aromatic carboxylic acids is 1. The summed E-state index contributed by atoms with van der Waals surface area (Å²) in [6, 6.07) is 6.46. The third-order valence-corrected chi connectivity index (χ3v) is 3.54. The topological polar surface area (TPSA) is 83.0 Å². The summed E-state index contributed by atoms with van der Waals surface area (Å²) in [7, 11) is 0. The van der Waals surface area contributed by atoms with Crippen molar-refractivity contribution in [1.29, 1.82) is 0 Å². The second-order valence-corrected chi connectivity index (χ2v) is 5.15. The van der Waals surface area contributed by atoms with Crippen LogP contribution in [0, 0.1) is 0 Å². The number of aromatic nitrogens is 2. The molecule has 0 saturated carbocycles. The van der Waals surface area contributed by atoms with E-state index in [0.717, 1.165) is 11.8 Å². The maximum Gasteiger partial charge on any atom is 0.433 e. The summed E-state index contributed by atoms with van der Waals surface area (Å²) in [5, 5.41) is 8.80. The van der Waals surface area contributed by atoms with Crippen LogP contribution in [0.3, 0.4) is 0 Å². The van der Waals surface area contributed by atoms with Crippen molar-refractivity contribution in [2.24, 2.45) is 0 Å². The molecule has 0 aliphatic carbocycles. The van der Waals surface area contributed by atoms with Crippen molar-refractivity contribution in [3.8, 4) is 0 Å². The van der Waals surface area contributed by atoms with Crippen LogP contribution in [0.4, 0.5) is 13.2 Å². The van der Waals surface area contributed by atoms with Crippen LogP contribution in [0.1, 0.15) is 21.6 Å². The fourth-order valence-electron chi connectivity index (χ4n) is 1.65. The summed E-state index contributed by atoms with van der Waals surface area (Å²) in [5.74, 6) is -1.08. The number of hydrogen-bond acceptors (Lipinski definition) is 4. The molecule has 0 radical (unpaired) electrons. The molecular weight excluding hydrogens is 321 g/mol. The van der Waals surface area contributed by atoms with Crippen molar-refractivity contribution in [1.82, 2.24) is 9.97 Å². The zero-order valence-electron chi connectivity index (χ0n) is 10.8. The number of nitrogens with zero attached hydrogens (tertiary/aromatic N) is 1. The minimum absolute atomic E-state index is 0.0457. The van der Waals surface area contributed by atoms with E-state index < -0.39 is 23.4 Å². The molecule has 0 aliphatic rings. The summed E-state index contributed by atoms with van der Waals surface area (Å²) in [6.45, 7) is 0. The molecule has 9 heteroatoms. The number of alkyl halides is 3. The van der Waals surface area contributed by atoms with E-state index in [4.69, 9.17) is 5.11 Å². The zero-order chi connectivity index (χ0) is 16.3. The van der Waals surface area contributed by atoms with Gasteiger partial charge in [0.15, 0.2) is 10.9 Å². The molecule has 5 nitrogen and oxygen atoms in total. The number of hydrogen-bond donors (Lipinski definition) is 2. The van der Waals surface area contributed by atoms with Gasteiger partial charge in [-0.3, -0.25) is 4.79 Å². The van der Waals surface area contributed by atoms with Crippen LogP contribution in [-0.4, -0.2) is 21.0 Å². The van der Waals surface area contributed by atoms with Gasteiger partial charge in [-0.15, -0.1) is 0 Å². The first kappa shape index (κ1) is 16.1. The minimum Gasteiger partial charge on any atom is -0.478 e. The van der Waals surface area contributed by atoms with Crippen LogP contribution in [-0.2, 0) is 11.9 Å². The van der Waals surface area contributed by atoms with Crippen molar-refractivity contribution in [3.63, 3.8) is 0 Å². The molecule has 2 rings (SSSR count). The highest BCUT2D eigenvalue weighted by Gasteiger charge is 2.33. The van der Waals surface area contributed by atoms with Gasteiger partial charge < -0.3 is 10.1 Å². The highest BCUT2D eigenvalue weighted by Crippen LogP contribution is 2.28. The van der Waals surface area contributed by atoms with Crippen LogP contribution >= 0.6 is 11.8 Å². The van der Waals surface area contributed by atoms with Crippen molar-refractivity contribution >= 4 is 17.7 Å². The number of benzene rings is 1. The number of carbonyl (C=O) groups is 1. The Hall–Kier alpha value is -2.29. The van der Waals surface area contributed by atoms with Gasteiger partial charge in [-0.25, -0.2) is 9.78 Å². The quantitative estimate of drug-likeness (QED) is 0.665. The van der Waals surface area contributed by atoms with E-state index in [1.807, 2.05) is 0 Å². The van der Waals surface area contributed by atoms with Crippen LogP contribution in [0.25, 0.3) is 0 Å². The Balaban J connectivity index is 2.24. The van der Waals surface area contributed by atoms with Crippen LogP contribution in [0.15, 0.2) is 40.3 Å². The SMILES string of the molecule is O=C(O)c1ccccc1CSc1nc(C(F)(F)F)cc(=O)[nH]1. The first-order valence-corrected chi connectivity index (χ1v) is 6.88. The number of halogens is 3. The fourth-order valence-corrected chi connectivity index (χ4v) is 2.53. The lowest BCUT2D eigenvalue weighted by Crippen LogP contribution is -2.16. The van der Waals surface area contributed by atoms with E-state index in [2.05, 4.69) is 9.97 Å². The lowest BCUT2D eigenvalue weighted by molar-refractivity contribution is -0.141. The van der Waals surface area contributed by atoms with Crippen LogP contribution in [0.2, 0.25) is 0 Å². The predicted octanol–water partition coefficient (Wildman–Crippen LogP) is 2.78. The number of nitrogens with one attached hydrogen (secondary N) is 1. The molecule has 0 saturated heterocycles. The number of aromatic amines is 1. The maximum absolute atomic E-state index is 12.6. The molecule has 1 aromatic heterocycles. The minimum atomic E-state index is -4.72. The summed E-state index contributed by atoms with van der Waals surface area (Å²) < 4.78 is 37.7. The van der Waals surface area contributed by atoms with Crippen molar-refractivity contribution in [2.45, 2.75) is 17.1 Å². The third kappa shape index (κ3) is 3.88. The molecule has 1 aromatic carbocycles. The van der Waals surface area contributed by atoms with E-state index in [-0.39, 0.29) is 16.5 Å². The molecule has 0 unspecified atom stereocenters. The molecule has 0 bridgehead atoms. The smallest absolute Gasteiger partial charge is 0.433 e. The Labute approximate surface area is 126 Å². The molecule has 2 aromatic rings. The van der Waals surface area contributed by atoms with E-state index in [1.54, 1.807) is 18.2 Å². The summed E-state index contributed by atoms with van der Waals surface area (Å²) in [4.78, 5) is 27.8. The maximum atomic E-state index is 12.6. The van der Waals surface area contributed by atoms with Crippen molar-refractivity contribution in [2.75, 3.05) is 0 Å². The molecule has 0 fully saturated rings. The molecule has 116 valence electrons. The number of carboxylic acid groups (broad SMARTS) is 1. The Morgan fingerprint density at radius 1 is 1.32 bits per heavy atom. The molecule has 0 atom stereocenters. The predicted molar refractivity (Wildman–Crippen MR) is 72.8 cm³/mol. The summed E-state index contributed by atoms with van der Waals surface area (Å²) in [5.41, 5.74) is -1.74. The summed E-state index contributed by atoms with van der Waals surface area (Å²) >= 11 is 0.820. The number of H-pyrrole nitrogens is 1. The molecule has 2 N–H and O–H groups in total. The molecule has 0 spiro atoms. The van der Waals surface area contributed by atoms with Gasteiger partial charge in [-0.05, 0) is 11.6 Å². The average Bonchev–Trinajstić information content (AvgIpc) is 2.44. The van der Waals surface area contributed by atoms with Crippen LogP contribution in [0.5, 0.6) is 0 Å². The third-order valence-electron chi connectivity index (χ3n) is 2.62. The van der Waals surface area contributed by atoms with Gasteiger partial charge >= 0.3 is 12.1 Å². The molecule has 1 heterocycles. The van der Waals surface area contributed by atoms with E-state index >= 15 is 0 Å². The van der Waals surface area contributed by atoms with Gasteiger partial charge in [0.2, 0.25) is 0 Å². The standard InChI is InChI=1S/C13H9F3N2O3S/c14-13(15,16)9-5-10(19)18-12(17-9)22-6-7-3-1-2-4-8(7)11(20)21/h1-5H,6H2,(H,20,21)(H,17,18,19). The largest absolute Gasteiger partial charge is 0.478 e. The Morgan fingerprint density at radius 2 is 2.00 bits per heavy atom. The second-order valence-electron chi connectivity index (χ2n) is 4.18. The monoisotopic (exact) mass is 330 g/mol. The zero-order valence-corrected chi connectivity index (χ0v) is 11.7. The number of rotatable bonds is 4. The van der Waals surface area contributed by atoms with Crippen molar-refractivity contribution < 1.29 is 23.1 Å². The Kier molecular flexibility index (Phi) is 4.55. The molecule has 0 aliphatic heterocycles. The van der Waals surface area contributed by atoms with Gasteiger partial charge in [0, 0.05) is 11.8 Å². The summed E-state index contributed by atoms with van der Waals surface area (Å²) in [6.07, 6.45) is -4.72.